The van der Waals surface area contributed by atoms with Crippen LogP contribution in [0.3, 0.4) is 0 Å². The third-order valence-electron chi connectivity index (χ3n) is 1.37. The summed E-state index contributed by atoms with van der Waals surface area (Å²) >= 11 is 0. The molecule has 70 valence electrons. The van der Waals surface area contributed by atoms with Crippen LogP contribution in [0.15, 0.2) is 12.7 Å². The van der Waals surface area contributed by atoms with Gasteiger partial charge >= 0.3 is 6.09 Å². The highest BCUT2D eigenvalue weighted by Crippen LogP contribution is 1.93. The van der Waals surface area contributed by atoms with Crippen molar-refractivity contribution >= 4 is 6.09 Å². The van der Waals surface area contributed by atoms with Crippen molar-refractivity contribution in [3.63, 3.8) is 0 Å². The maximum Gasteiger partial charge on any atom is 0.407 e. The van der Waals surface area contributed by atoms with Crippen LogP contribution in [0.5, 0.6) is 0 Å². The Balaban J connectivity index is 3.13. The molecule has 0 aliphatic rings. The van der Waals surface area contributed by atoms with Crippen molar-refractivity contribution in [2.75, 3.05) is 13.2 Å². The zero-order valence-electron chi connectivity index (χ0n) is 7.64. The lowest BCUT2D eigenvalue weighted by Crippen LogP contribution is -2.24. The minimum absolute atomic E-state index is 0.356. The number of rotatable bonds is 6. The molecule has 0 saturated carbocycles. The molecule has 0 aromatic carbocycles. The normalized spacial score (nSPS) is 9.08. The molecule has 0 unspecified atom stereocenters. The van der Waals surface area contributed by atoms with Crippen LogP contribution < -0.4 is 5.32 Å². The van der Waals surface area contributed by atoms with Crippen molar-refractivity contribution < 1.29 is 9.53 Å². The molecular formula is C9H17NO2. The second kappa shape index (κ2) is 8.11. The van der Waals surface area contributed by atoms with Gasteiger partial charge in [-0.25, -0.2) is 4.79 Å². The van der Waals surface area contributed by atoms with Crippen molar-refractivity contribution in [3.8, 4) is 0 Å². The summed E-state index contributed by atoms with van der Waals surface area (Å²) in [5, 5.41) is 2.53. The fourth-order valence-electron chi connectivity index (χ4n) is 0.723. The first-order valence-electron chi connectivity index (χ1n) is 4.32. The van der Waals surface area contributed by atoms with Crippen LogP contribution in [0, 0.1) is 0 Å². The number of carbonyl (C=O) groups is 1. The van der Waals surface area contributed by atoms with Gasteiger partial charge in [-0.2, -0.15) is 0 Å². The van der Waals surface area contributed by atoms with E-state index in [0.29, 0.717) is 13.2 Å². The van der Waals surface area contributed by atoms with Crippen molar-refractivity contribution in [1.82, 2.24) is 5.32 Å². The minimum atomic E-state index is -0.356. The zero-order valence-corrected chi connectivity index (χ0v) is 7.64. The first kappa shape index (κ1) is 11.0. The number of hydrogen-bond acceptors (Lipinski definition) is 2. The molecular weight excluding hydrogens is 154 g/mol. The molecule has 3 nitrogen and oxygen atoms in total. The number of unbranched alkanes of at least 4 members (excludes halogenated alkanes) is 2. The highest BCUT2D eigenvalue weighted by Gasteiger charge is 1.97. The second-order valence-corrected chi connectivity index (χ2v) is 2.51. The van der Waals surface area contributed by atoms with Crippen molar-refractivity contribution in [2.45, 2.75) is 26.2 Å². The molecule has 0 saturated heterocycles. The van der Waals surface area contributed by atoms with E-state index in [2.05, 4.69) is 18.8 Å². The van der Waals surface area contributed by atoms with E-state index in [1.54, 1.807) is 6.08 Å². The maximum absolute atomic E-state index is 10.8. The average Bonchev–Trinajstić information content (AvgIpc) is 2.09. The Hall–Kier alpha value is -0.990. The Morgan fingerprint density at radius 2 is 2.33 bits per heavy atom. The lowest BCUT2D eigenvalue weighted by atomic mass is 10.3. The Morgan fingerprint density at radius 3 is 2.92 bits per heavy atom. The van der Waals surface area contributed by atoms with E-state index < -0.39 is 0 Å². The molecule has 0 rings (SSSR count). The molecule has 0 radical (unpaired) electrons. The number of ether oxygens (including phenoxy) is 1. The summed E-state index contributed by atoms with van der Waals surface area (Å²) in [6.07, 6.45) is 4.45. The molecule has 0 spiro atoms. The van der Waals surface area contributed by atoms with Gasteiger partial charge in [-0.1, -0.05) is 25.8 Å². The number of hydrogen-bond donors (Lipinski definition) is 1. The van der Waals surface area contributed by atoms with Crippen LogP contribution in [0.4, 0.5) is 4.79 Å². The molecule has 0 atom stereocenters. The molecule has 0 heterocycles. The Kier molecular flexibility index (Phi) is 7.44. The van der Waals surface area contributed by atoms with Gasteiger partial charge < -0.3 is 10.1 Å². The fourth-order valence-corrected chi connectivity index (χ4v) is 0.723. The van der Waals surface area contributed by atoms with E-state index in [1.807, 2.05) is 0 Å². The number of alkyl carbamates (subject to hydrolysis) is 1. The molecule has 12 heavy (non-hydrogen) atoms. The van der Waals surface area contributed by atoms with Gasteiger partial charge in [-0.3, -0.25) is 0 Å². The lowest BCUT2D eigenvalue weighted by Gasteiger charge is -2.03. The molecule has 0 aromatic rings. The van der Waals surface area contributed by atoms with E-state index in [-0.39, 0.29) is 6.09 Å². The molecule has 0 aliphatic heterocycles. The first-order valence-corrected chi connectivity index (χ1v) is 4.32. The van der Waals surface area contributed by atoms with E-state index in [9.17, 15) is 4.79 Å². The third-order valence-corrected chi connectivity index (χ3v) is 1.37. The highest BCUT2D eigenvalue weighted by molar-refractivity contribution is 5.67. The number of nitrogens with one attached hydrogen (secondary N) is 1. The van der Waals surface area contributed by atoms with E-state index in [0.717, 1.165) is 19.3 Å². The highest BCUT2D eigenvalue weighted by atomic mass is 16.5. The largest absolute Gasteiger partial charge is 0.450 e. The van der Waals surface area contributed by atoms with Crippen LogP contribution in [0.25, 0.3) is 0 Å². The number of carbonyl (C=O) groups excluding carboxylic acids is 1. The van der Waals surface area contributed by atoms with Gasteiger partial charge in [0.1, 0.15) is 0 Å². The van der Waals surface area contributed by atoms with Gasteiger partial charge in [-0.05, 0) is 6.42 Å². The predicted molar refractivity (Wildman–Crippen MR) is 49.1 cm³/mol. The van der Waals surface area contributed by atoms with Gasteiger partial charge in [0.2, 0.25) is 0 Å². The molecule has 0 aliphatic carbocycles. The summed E-state index contributed by atoms with van der Waals surface area (Å²) in [7, 11) is 0. The monoisotopic (exact) mass is 171 g/mol. The molecule has 0 bridgehead atoms. The molecule has 0 aromatic heterocycles. The van der Waals surface area contributed by atoms with Crippen LogP contribution in [0.1, 0.15) is 26.2 Å². The van der Waals surface area contributed by atoms with Gasteiger partial charge in [0.25, 0.3) is 0 Å². The van der Waals surface area contributed by atoms with E-state index in [4.69, 9.17) is 4.74 Å². The summed E-state index contributed by atoms with van der Waals surface area (Å²) < 4.78 is 4.85. The minimum Gasteiger partial charge on any atom is -0.450 e. The fraction of sp³-hybridized carbons (Fsp3) is 0.667. The molecule has 1 N–H and O–H groups in total. The summed E-state index contributed by atoms with van der Waals surface area (Å²) in [5.74, 6) is 0. The molecule has 3 heteroatoms. The van der Waals surface area contributed by atoms with E-state index in [1.165, 1.54) is 0 Å². The standard InChI is InChI=1S/C9H17NO2/c1-3-5-6-8-12-9(11)10-7-4-2/h4H,2-3,5-8H2,1H3,(H,10,11). The van der Waals surface area contributed by atoms with Crippen molar-refractivity contribution in [1.29, 1.82) is 0 Å². The Bertz CT molecular complexity index is 134. The number of amides is 1. The predicted octanol–water partition coefficient (Wildman–Crippen LogP) is 2.09. The van der Waals surface area contributed by atoms with Crippen LogP contribution in [-0.2, 0) is 4.74 Å². The van der Waals surface area contributed by atoms with Crippen LogP contribution in [0.2, 0.25) is 0 Å². The summed E-state index contributed by atoms with van der Waals surface area (Å²) in [4.78, 5) is 10.8. The summed E-state index contributed by atoms with van der Waals surface area (Å²) in [6.45, 7) is 6.56. The quantitative estimate of drug-likeness (QED) is 0.491. The van der Waals surface area contributed by atoms with Crippen molar-refractivity contribution in [3.05, 3.63) is 12.7 Å². The van der Waals surface area contributed by atoms with Gasteiger partial charge in [0.05, 0.1) is 6.61 Å². The Morgan fingerprint density at radius 1 is 1.58 bits per heavy atom. The smallest absolute Gasteiger partial charge is 0.407 e. The van der Waals surface area contributed by atoms with Gasteiger partial charge in [0.15, 0.2) is 0 Å². The second-order valence-electron chi connectivity index (χ2n) is 2.51. The third kappa shape index (κ3) is 7.12. The summed E-state index contributed by atoms with van der Waals surface area (Å²) in [6, 6.07) is 0. The SMILES string of the molecule is C=CCNC(=O)OCCCCC. The van der Waals surface area contributed by atoms with Gasteiger partial charge in [-0.15, -0.1) is 6.58 Å². The van der Waals surface area contributed by atoms with Gasteiger partial charge in [0, 0.05) is 6.54 Å². The summed E-state index contributed by atoms with van der Waals surface area (Å²) in [5.41, 5.74) is 0. The van der Waals surface area contributed by atoms with Crippen LogP contribution >= 0.6 is 0 Å². The lowest BCUT2D eigenvalue weighted by molar-refractivity contribution is 0.145. The first-order chi connectivity index (χ1) is 5.81. The van der Waals surface area contributed by atoms with E-state index >= 15 is 0 Å². The molecule has 0 fully saturated rings. The Labute approximate surface area is 73.8 Å². The topological polar surface area (TPSA) is 38.3 Å². The average molecular weight is 171 g/mol. The zero-order chi connectivity index (χ0) is 9.23. The maximum atomic E-state index is 10.8. The van der Waals surface area contributed by atoms with Crippen LogP contribution in [-0.4, -0.2) is 19.2 Å². The van der Waals surface area contributed by atoms with Crippen molar-refractivity contribution in [2.24, 2.45) is 0 Å². The molecule has 1 amide bonds.